The standard InChI is InChI=1S/C8H16N2O.ClH/c9-7-2-1-3-10-5-6(11)4-8(7)10;/h6-8,11H,1-5,9H2;1H/t6-,7?,8?;/m0./s1. The van der Waals surface area contributed by atoms with E-state index >= 15 is 0 Å². The van der Waals surface area contributed by atoms with Gasteiger partial charge in [-0.2, -0.15) is 0 Å². The van der Waals surface area contributed by atoms with Gasteiger partial charge in [-0.3, -0.25) is 4.90 Å². The summed E-state index contributed by atoms with van der Waals surface area (Å²) < 4.78 is 0. The summed E-state index contributed by atoms with van der Waals surface area (Å²) in [6.45, 7) is 1.98. The van der Waals surface area contributed by atoms with Gasteiger partial charge in [0.25, 0.3) is 0 Å². The second kappa shape index (κ2) is 3.92. The van der Waals surface area contributed by atoms with Gasteiger partial charge in [0.15, 0.2) is 0 Å². The Morgan fingerprint density at radius 3 is 2.83 bits per heavy atom. The zero-order valence-electron chi connectivity index (χ0n) is 7.15. The molecule has 3 N–H and O–H groups in total. The van der Waals surface area contributed by atoms with E-state index in [9.17, 15) is 5.11 Å². The van der Waals surface area contributed by atoms with Crippen molar-refractivity contribution in [3.8, 4) is 0 Å². The highest BCUT2D eigenvalue weighted by Crippen LogP contribution is 2.25. The second-order valence-electron chi connectivity index (χ2n) is 3.76. The van der Waals surface area contributed by atoms with Crippen LogP contribution in [0.15, 0.2) is 0 Å². The van der Waals surface area contributed by atoms with Crippen LogP contribution in [-0.4, -0.2) is 41.3 Å². The Hall–Kier alpha value is 0.170. The summed E-state index contributed by atoms with van der Waals surface area (Å²) in [6.07, 6.45) is 3.10. The summed E-state index contributed by atoms with van der Waals surface area (Å²) in [5.41, 5.74) is 5.93. The fourth-order valence-corrected chi connectivity index (χ4v) is 2.33. The van der Waals surface area contributed by atoms with Gasteiger partial charge in [0.2, 0.25) is 0 Å². The monoisotopic (exact) mass is 192 g/mol. The first kappa shape index (κ1) is 10.3. The fourth-order valence-electron chi connectivity index (χ4n) is 2.33. The maximum Gasteiger partial charge on any atom is 0.0682 e. The second-order valence-corrected chi connectivity index (χ2v) is 3.76. The maximum absolute atomic E-state index is 9.38. The summed E-state index contributed by atoms with van der Waals surface area (Å²) in [5.74, 6) is 0. The van der Waals surface area contributed by atoms with Crippen molar-refractivity contribution in [3.05, 3.63) is 0 Å². The summed E-state index contributed by atoms with van der Waals surface area (Å²) in [7, 11) is 0. The molecule has 2 rings (SSSR count). The molecule has 0 spiro atoms. The lowest BCUT2D eigenvalue weighted by Crippen LogP contribution is -2.48. The van der Waals surface area contributed by atoms with Gasteiger partial charge < -0.3 is 10.8 Å². The van der Waals surface area contributed by atoms with Gasteiger partial charge in [-0.25, -0.2) is 0 Å². The molecule has 2 heterocycles. The van der Waals surface area contributed by atoms with Gasteiger partial charge in [0.1, 0.15) is 0 Å². The predicted octanol–water partition coefficient (Wildman–Crippen LogP) is -0.0355. The van der Waals surface area contributed by atoms with Crippen molar-refractivity contribution in [2.45, 2.75) is 37.5 Å². The van der Waals surface area contributed by atoms with Crippen molar-refractivity contribution in [2.75, 3.05) is 13.1 Å². The number of aliphatic hydroxyl groups excluding tert-OH is 1. The van der Waals surface area contributed by atoms with Crippen LogP contribution in [0.25, 0.3) is 0 Å². The number of fused-ring (bicyclic) bond motifs is 1. The van der Waals surface area contributed by atoms with Gasteiger partial charge in [0.05, 0.1) is 6.10 Å². The lowest BCUT2D eigenvalue weighted by molar-refractivity contribution is 0.158. The Balaban J connectivity index is 0.000000720. The number of piperidine rings is 1. The van der Waals surface area contributed by atoms with Crippen molar-refractivity contribution in [3.63, 3.8) is 0 Å². The maximum atomic E-state index is 9.38. The third kappa shape index (κ3) is 1.74. The topological polar surface area (TPSA) is 49.5 Å². The minimum Gasteiger partial charge on any atom is -0.392 e. The zero-order chi connectivity index (χ0) is 7.84. The molecule has 4 heteroatoms. The van der Waals surface area contributed by atoms with E-state index in [-0.39, 0.29) is 18.5 Å². The van der Waals surface area contributed by atoms with Crippen LogP contribution in [0.4, 0.5) is 0 Å². The average molecular weight is 193 g/mol. The highest BCUT2D eigenvalue weighted by atomic mass is 35.5. The highest BCUT2D eigenvalue weighted by Gasteiger charge is 2.36. The lowest BCUT2D eigenvalue weighted by Gasteiger charge is -2.33. The molecule has 12 heavy (non-hydrogen) atoms. The summed E-state index contributed by atoms with van der Waals surface area (Å²) in [4.78, 5) is 2.33. The van der Waals surface area contributed by atoms with E-state index < -0.39 is 0 Å². The predicted molar refractivity (Wildman–Crippen MR) is 50.4 cm³/mol. The van der Waals surface area contributed by atoms with Crippen LogP contribution in [-0.2, 0) is 0 Å². The SMILES string of the molecule is Cl.NC1CCCN2C[C@@H](O)CC12. The molecule has 0 aliphatic carbocycles. The van der Waals surface area contributed by atoms with E-state index in [2.05, 4.69) is 4.90 Å². The number of rotatable bonds is 0. The van der Waals surface area contributed by atoms with Crippen molar-refractivity contribution in [2.24, 2.45) is 5.73 Å². The first-order valence-corrected chi connectivity index (χ1v) is 4.45. The third-order valence-electron chi connectivity index (χ3n) is 2.90. The number of nitrogens with two attached hydrogens (primary N) is 1. The molecule has 2 aliphatic rings. The molecular weight excluding hydrogens is 176 g/mol. The van der Waals surface area contributed by atoms with Crippen molar-refractivity contribution >= 4 is 12.4 Å². The number of hydrogen-bond donors (Lipinski definition) is 2. The Morgan fingerprint density at radius 1 is 1.42 bits per heavy atom. The Bertz CT molecular complexity index is 156. The first-order valence-electron chi connectivity index (χ1n) is 4.45. The molecule has 2 aliphatic heterocycles. The zero-order valence-corrected chi connectivity index (χ0v) is 7.96. The van der Waals surface area contributed by atoms with E-state index in [1.165, 1.54) is 6.42 Å². The minimum absolute atomic E-state index is 0. The Labute approximate surface area is 79.3 Å². The number of halogens is 1. The van der Waals surface area contributed by atoms with Crippen LogP contribution in [0.5, 0.6) is 0 Å². The molecule has 72 valence electrons. The van der Waals surface area contributed by atoms with Crippen LogP contribution >= 0.6 is 12.4 Å². The molecular formula is C8H17ClN2O. The molecule has 0 radical (unpaired) electrons. The first-order chi connectivity index (χ1) is 5.27. The lowest BCUT2D eigenvalue weighted by atomic mass is 9.97. The van der Waals surface area contributed by atoms with Gasteiger partial charge in [-0.1, -0.05) is 0 Å². The smallest absolute Gasteiger partial charge is 0.0682 e. The van der Waals surface area contributed by atoms with Gasteiger partial charge >= 0.3 is 0 Å². The summed E-state index contributed by atoms with van der Waals surface area (Å²) in [6, 6.07) is 0.777. The van der Waals surface area contributed by atoms with Crippen LogP contribution in [0.2, 0.25) is 0 Å². The number of hydrogen-bond acceptors (Lipinski definition) is 3. The Kier molecular flexibility index (Phi) is 3.35. The molecule has 0 aromatic rings. The van der Waals surface area contributed by atoms with Crippen molar-refractivity contribution in [1.82, 2.24) is 4.90 Å². The van der Waals surface area contributed by atoms with E-state index in [0.29, 0.717) is 12.1 Å². The van der Waals surface area contributed by atoms with Gasteiger partial charge in [-0.05, 0) is 25.8 Å². The van der Waals surface area contributed by atoms with Gasteiger partial charge in [0, 0.05) is 18.6 Å². The van der Waals surface area contributed by atoms with Crippen molar-refractivity contribution < 1.29 is 5.11 Å². The molecule has 3 nitrogen and oxygen atoms in total. The fraction of sp³-hybridized carbons (Fsp3) is 1.00. The van der Waals surface area contributed by atoms with E-state index in [1.807, 2.05) is 0 Å². The third-order valence-corrected chi connectivity index (χ3v) is 2.90. The Morgan fingerprint density at radius 2 is 2.17 bits per heavy atom. The largest absolute Gasteiger partial charge is 0.392 e. The van der Waals surface area contributed by atoms with Crippen LogP contribution in [0.1, 0.15) is 19.3 Å². The van der Waals surface area contributed by atoms with E-state index in [0.717, 1.165) is 25.9 Å². The molecule has 0 amide bonds. The summed E-state index contributed by atoms with van der Waals surface area (Å²) >= 11 is 0. The molecule has 0 aromatic carbocycles. The average Bonchev–Trinajstić information content (AvgIpc) is 2.31. The minimum atomic E-state index is -0.121. The van der Waals surface area contributed by atoms with E-state index in [4.69, 9.17) is 5.73 Å². The molecule has 0 aromatic heterocycles. The quantitative estimate of drug-likeness (QED) is 0.567. The molecule has 2 unspecified atom stereocenters. The van der Waals surface area contributed by atoms with Crippen LogP contribution in [0.3, 0.4) is 0 Å². The molecule has 3 atom stereocenters. The van der Waals surface area contributed by atoms with Crippen molar-refractivity contribution in [1.29, 1.82) is 0 Å². The van der Waals surface area contributed by atoms with Crippen LogP contribution < -0.4 is 5.73 Å². The molecule has 0 bridgehead atoms. The number of nitrogens with zero attached hydrogens (tertiary/aromatic N) is 1. The molecule has 2 saturated heterocycles. The van der Waals surface area contributed by atoms with E-state index in [1.54, 1.807) is 0 Å². The number of aliphatic hydroxyl groups is 1. The highest BCUT2D eigenvalue weighted by molar-refractivity contribution is 5.85. The van der Waals surface area contributed by atoms with Crippen LogP contribution in [0, 0.1) is 0 Å². The molecule has 2 fully saturated rings. The normalized spacial score (nSPS) is 42.0. The molecule has 0 saturated carbocycles. The summed E-state index contributed by atoms with van der Waals surface area (Å²) in [5, 5.41) is 9.38. The van der Waals surface area contributed by atoms with Gasteiger partial charge in [-0.15, -0.1) is 12.4 Å².